The van der Waals surface area contributed by atoms with Crippen molar-refractivity contribution in [2.24, 2.45) is 5.16 Å². The van der Waals surface area contributed by atoms with Crippen LogP contribution >= 0.6 is 11.6 Å². The number of rotatable bonds is 8. The molecule has 0 unspecified atom stereocenters. The summed E-state index contributed by atoms with van der Waals surface area (Å²) in [4.78, 5) is 13.5. The zero-order chi connectivity index (χ0) is 23.8. The minimum atomic E-state index is 0.150. The Morgan fingerprint density at radius 2 is 1.74 bits per heavy atom. The van der Waals surface area contributed by atoms with Crippen molar-refractivity contribution in [3.63, 3.8) is 0 Å². The van der Waals surface area contributed by atoms with Gasteiger partial charge < -0.3 is 25.3 Å². The zero-order valence-corrected chi connectivity index (χ0v) is 19.6. The lowest BCUT2D eigenvalue weighted by Gasteiger charge is -2.17. The van der Waals surface area contributed by atoms with E-state index in [4.69, 9.17) is 26.3 Å². The fourth-order valence-corrected chi connectivity index (χ4v) is 4.05. The molecule has 1 aliphatic carbocycles. The Labute approximate surface area is 203 Å². The third-order valence-corrected chi connectivity index (χ3v) is 5.80. The van der Waals surface area contributed by atoms with Crippen LogP contribution in [0.4, 0.5) is 17.6 Å². The molecule has 9 nitrogen and oxygen atoms in total. The molecule has 3 N–H and O–H groups in total. The second-order valence-corrected chi connectivity index (χ2v) is 8.40. The number of nitrogens with zero attached hydrogens (tertiary/aromatic N) is 4. The average Bonchev–Trinajstić information content (AvgIpc) is 3.09. The lowest BCUT2D eigenvalue weighted by atomic mass is 10.1. The molecular weight excluding hydrogens is 456 g/mol. The molecule has 0 aliphatic heterocycles. The smallest absolute Gasteiger partial charge is 0.328 e. The van der Waals surface area contributed by atoms with Crippen molar-refractivity contribution in [2.45, 2.75) is 44.6 Å². The molecule has 1 fully saturated rings. The van der Waals surface area contributed by atoms with E-state index in [0.717, 1.165) is 18.4 Å². The first-order valence-corrected chi connectivity index (χ1v) is 11.6. The number of ether oxygens (including phenoxy) is 2. The lowest BCUT2D eigenvalue weighted by Crippen LogP contribution is -2.20. The SMILES string of the molecule is COc1ccc(Nc2nc(NC3CCCCCC3)nc(Oc3ccc(/C=N/O)cc3)n2)cc1Cl. The average molecular weight is 483 g/mol. The van der Waals surface area contributed by atoms with E-state index >= 15 is 0 Å². The number of benzene rings is 2. The molecule has 10 heteroatoms. The Hall–Kier alpha value is -3.59. The molecule has 1 aromatic heterocycles. The van der Waals surface area contributed by atoms with Crippen LogP contribution in [0, 0.1) is 0 Å². The van der Waals surface area contributed by atoms with Gasteiger partial charge in [0.05, 0.1) is 18.3 Å². The van der Waals surface area contributed by atoms with Crippen LogP contribution in [0.2, 0.25) is 5.02 Å². The molecule has 0 atom stereocenters. The predicted octanol–water partition coefficient (Wildman–Crippen LogP) is 6.01. The number of methoxy groups -OCH3 is 1. The molecule has 1 aliphatic rings. The Balaban J connectivity index is 1.59. The summed E-state index contributed by atoms with van der Waals surface area (Å²) in [5.74, 6) is 1.90. The van der Waals surface area contributed by atoms with Gasteiger partial charge in [-0.15, -0.1) is 0 Å². The van der Waals surface area contributed by atoms with Crippen molar-refractivity contribution in [2.75, 3.05) is 17.7 Å². The van der Waals surface area contributed by atoms with Crippen LogP contribution in [0.1, 0.15) is 44.1 Å². The van der Waals surface area contributed by atoms with E-state index in [9.17, 15) is 0 Å². The number of hydrogen-bond donors (Lipinski definition) is 3. The number of aromatic nitrogens is 3. The Kier molecular flexibility index (Phi) is 7.98. The van der Waals surface area contributed by atoms with Crippen molar-refractivity contribution in [3.05, 3.63) is 53.1 Å². The van der Waals surface area contributed by atoms with Gasteiger partial charge in [-0.2, -0.15) is 15.0 Å². The van der Waals surface area contributed by atoms with Crippen molar-refractivity contribution in [3.8, 4) is 17.5 Å². The van der Waals surface area contributed by atoms with Gasteiger partial charge in [0.2, 0.25) is 11.9 Å². The van der Waals surface area contributed by atoms with E-state index in [1.807, 2.05) is 6.07 Å². The number of oxime groups is 1. The lowest BCUT2D eigenvalue weighted by molar-refractivity contribution is 0.322. The highest BCUT2D eigenvalue weighted by molar-refractivity contribution is 6.32. The van der Waals surface area contributed by atoms with Crippen LogP contribution in [0.25, 0.3) is 0 Å². The summed E-state index contributed by atoms with van der Waals surface area (Å²) >= 11 is 6.26. The molecule has 178 valence electrons. The van der Waals surface area contributed by atoms with Crippen molar-refractivity contribution < 1.29 is 14.7 Å². The molecule has 0 spiro atoms. The first kappa shape index (κ1) is 23.6. The minimum Gasteiger partial charge on any atom is -0.495 e. The maximum Gasteiger partial charge on any atom is 0.328 e. The van der Waals surface area contributed by atoms with E-state index in [2.05, 4.69) is 30.7 Å². The minimum absolute atomic E-state index is 0.150. The summed E-state index contributed by atoms with van der Waals surface area (Å²) in [6.07, 6.45) is 8.37. The van der Waals surface area contributed by atoms with Crippen LogP contribution in [0.15, 0.2) is 47.6 Å². The third kappa shape index (κ3) is 6.48. The Morgan fingerprint density at radius 1 is 1.00 bits per heavy atom. The van der Waals surface area contributed by atoms with Gasteiger partial charge in [-0.3, -0.25) is 0 Å². The van der Waals surface area contributed by atoms with Crippen LogP contribution < -0.4 is 20.1 Å². The largest absolute Gasteiger partial charge is 0.495 e. The molecule has 0 radical (unpaired) electrons. The van der Waals surface area contributed by atoms with Gasteiger partial charge >= 0.3 is 6.01 Å². The molecule has 0 bridgehead atoms. The normalized spacial score (nSPS) is 14.5. The van der Waals surface area contributed by atoms with Crippen LogP contribution in [0.3, 0.4) is 0 Å². The monoisotopic (exact) mass is 482 g/mol. The Bertz CT molecular complexity index is 1120. The molecule has 4 rings (SSSR count). The molecule has 1 saturated carbocycles. The van der Waals surface area contributed by atoms with E-state index in [1.54, 1.807) is 43.5 Å². The summed E-state index contributed by atoms with van der Waals surface area (Å²) in [6, 6.07) is 12.8. The highest BCUT2D eigenvalue weighted by Gasteiger charge is 2.16. The summed E-state index contributed by atoms with van der Waals surface area (Å²) in [7, 11) is 1.57. The van der Waals surface area contributed by atoms with E-state index in [1.165, 1.54) is 31.9 Å². The first-order chi connectivity index (χ1) is 16.6. The molecule has 0 saturated heterocycles. The van der Waals surface area contributed by atoms with E-state index in [-0.39, 0.29) is 6.01 Å². The highest BCUT2D eigenvalue weighted by Crippen LogP contribution is 2.29. The van der Waals surface area contributed by atoms with E-state index in [0.29, 0.717) is 40.1 Å². The predicted molar refractivity (Wildman–Crippen MR) is 132 cm³/mol. The zero-order valence-electron chi connectivity index (χ0n) is 18.9. The topological polar surface area (TPSA) is 114 Å². The summed E-state index contributed by atoms with van der Waals surface area (Å²) < 4.78 is 11.1. The van der Waals surface area contributed by atoms with Crippen molar-refractivity contribution >= 4 is 35.4 Å². The van der Waals surface area contributed by atoms with Gasteiger partial charge in [0.1, 0.15) is 11.5 Å². The summed E-state index contributed by atoms with van der Waals surface area (Å²) in [5, 5.41) is 18.8. The molecule has 34 heavy (non-hydrogen) atoms. The van der Waals surface area contributed by atoms with Crippen LogP contribution in [0.5, 0.6) is 17.5 Å². The number of halogens is 1. The summed E-state index contributed by atoms with van der Waals surface area (Å²) in [5.41, 5.74) is 1.44. The standard InChI is InChI=1S/C24H27ClN6O3/c1-33-21-13-10-18(14-20(21)25)28-23-29-22(27-17-6-4-2-3-5-7-17)30-24(31-23)34-19-11-8-16(9-12-19)15-26-32/h8-15,17,32H,2-7H2,1H3,(H2,27,28,29,30,31)/b26-15+. The van der Waals surface area contributed by atoms with Gasteiger partial charge in [-0.25, -0.2) is 0 Å². The van der Waals surface area contributed by atoms with Crippen molar-refractivity contribution in [1.82, 2.24) is 15.0 Å². The second kappa shape index (κ2) is 11.5. The number of anilines is 3. The number of hydrogen-bond acceptors (Lipinski definition) is 9. The van der Waals surface area contributed by atoms with Gasteiger partial charge in [-0.05, 0) is 60.9 Å². The van der Waals surface area contributed by atoms with Crippen LogP contribution in [-0.2, 0) is 0 Å². The summed E-state index contributed by atoms with van der Waals surface area (Å²) in [6.45, 7) is 0. The third-order valence-electron chi connectivity index (χ3n) is 5.51. The van der Waals surface area contributed by atoms with Gasteiger partial charge in [0.15, 0.2) is 0 Å². The van der Waals surface area contributed by atoms with Crippen LogP contribution in [-0.4, -0.2) is 39.5 Å². The Morgan fingerprint density at radius 3 is 2.41 bits per heavy atom. The highest BCUT2D eigenvalue weighted by atomic mass is 35.5. The maximum absolute atomic E-state index is 8.69. The second-order valence-electron chi connectivity index (χ2n) is 7.99. The molecule has 2 aromatic carbocycles. The molecular formula is C24H27ClN6O3. The van der Waals surface area contributed by atoms with Gasteiger partial charge in [0.25, 0.3) is 0 Å². The molecule has 3 aromatic rings. The van der Waals surface area contributed by atoms with E-state index < -0.39 is 0 Å². The fourth-order valence-electron chi connectivity index (χ4n) is 3.80. The van der Waals surface area contributed by atoms with Crippen molar-refractivity contribution in [1.29, 1.82) is 0 Å². The van der Waals surface area contributed by atoms with Gasteiger partial charge in [-0.1, -0.05) is 42.4 Å². The number of nitrogens with one attached hydrogen (secondary N) is 2. The van der Waals surface area contributed by atoms with Gasteiger partial charge in [0, 0.05) is 11.7 Å². The quantitative estimate of drug-likeness (QED) is 0.155. The molecule has 1 heterocycles. The fraction of sp³-hybridized carbons (Fsp3) is 0.333. The first-order valence-electron chi connectivity index (χ1n) is 11.2. The molecule has 0 amide bonds. The maximum atomic E-state index is 8.69.